The Morgan fingerprint density at radius 1 is 1.32 bits per heavy atom. The zero-order valence-electron chi connectivity index (χ0n) is 11.7. The van der Waals surface area contributed by atoms with Crippen LogP contribution >= 0.6 is 0 Å². The number of rotatable bonds is 4. The predicted octanol–water partition coefficient (Wildman–Crippen LogP) is 1.76. The lowest BCUT2D eigenvalue weighted by Gasteiger charge is -2.31. The van der Waals surface area contributed by atoms with Crippen LogP contribution in [0, 0.1) is 0 Å². The van der Waals surface area contributed by atoms with Gasteiger partial charge in [0.25, 0.3) is 0 Å². The van der Waals surface area contributed by atoms with E-state index in [4.69, 9.17) is 4.74 Å². The third-order valence-electron chi connectivity index (χ3n) is 3.74. The minimum Gasteiger partial charge on any atom is -0.381 e. The summed E-state index contributed by atoms with van der Waals surface area (Å²) in [6, 6.07) is 9.76. The standard InChI is InChI=1S/C15H22N2O2/c1-16(13-6-4-3-5-7-13)15(18)12-17-10-8-14(19-2)9-11-17/h3-7,14H,8-12H2,1-2H3. The van der Waals surface area contributed by atoms with Gasteiger partial charge in [-0.2, -0.15) is 0 Å². The van der Waals surface area contributed by atoms with Crippen molar-refractivity contribution in [2.24, 2.45) is 0 Å². The molecule has 4 heteroatoms. The van der Waals surface area contributed by atoms with Crippen molar-refractivity contribution >= 4 is 11.6 Å². The first-order valence-corrected chi connectivity index (χ1v) is 6.77. The highest BCUT2D eigenvalue weighted by Gasteiger charge is 2.21. The molecule has 0 aromatic heterocycles. The number of hydrogen-bond donors (Lipinski definition) is 0. The van der Waals surface area contributed by atoms with Crippen molar-refractivity contribution in [2.75, 3.05) is 38.7 Å². The lowest BCUT2D eigenvalue weighted by atomic mass is 10.1. The molecule has 0 atom stereocenters. The Bertz CT molecular complexity index is 400. The molecule has 4 nitrogen and oxygen atoms in total. The molecule has 0 aliphatic carbocycles. The molecule has 1 heterocycles. The fourth-order valence-corrected chi connectivity index (χ4v) is 2.40. The van der Waals surface area contributed by atoms with Crippen LogP contribution in [-0.2, 0) is 9.53 Å². The van der Waals surface area contributed by atoms with Crippen LogP contribution in [0.4, 0.5) is 5.69 Å². The van der Waals surface area contributed by atoms with Crippen molar-refractivity contribution in [3.8, 4) is 0 Å². The lowest BCUT2D eigenvalue weighted by molar-refractivity contribution is -0.120. The molecule has 0 bridgehead atoms. The van der Waals surface area contributed by atoms with Gasteiger partial charge in [0.2, 0.25) is 5.91 Å². The van der Waals surface area contributed by atoms with E-state index in [1.54, 1.807) is 12.0 Å². The van der Waals surface area contributed by atoms with Gasteiger partial charge in [0.15, 0.2) is 0 Å². The number of amides is 1. The van der Waals surface area contributed by atoms with Gasteiger partial charge in [0.05, 0.1) is 12.6 Å². The second kappa shape index (κ2) is 6.68. The first-order chi connectivity index (χ1) is 9.20. The van der Waals surface area contributed by atoms with Crippen LogP contribution in [-0.4, -0.2) is 50.7 Å². The molecule has 1 aromatic carbocycles. The summed E-state index contributed by atoms with van der Waals surface area (Å²) < 4.78 is 5.34. The molecule has 2 rings (SSSR count). The number of carbonyl (C=O) groups excluding carboxylic acids is 1. The maximum absolute atomic E-state index is 12.2. The molecule has 1 amide bonds. The second-order valence-corrected chi connectivity index (χ2v) is 5.00. The molecular weight excluding hydrogens is 240 g/mol. The van der Waals surface area contributed by atoms with Crippen LogP contribution in [0.25, 0.3) is 0 Å². The van der Waals surface area contributed by atoms with Gasteiger partial charge in [-0.1, -0.05) is 18.2 Å². The Balaban J connectivity index is 1.85. The first-order valence-electron chi connectivity index (χ1n) is 6.77. The number of hydrogen-bond acceptors (Lipinski definition) is 3. The molecule has 1 saturated heterocycles. The number of benzene rings is 1. The topological polar surface area (TPSA) is 32.8 Å². The van der Waals surface area contributed by atoms with Gasteiger partial charge in [-0.05, 0) is 25.0 Å². The monoisotopic (exact) mass is 262 g/mol. The van der Waals surface area contributed by atoms with Crippen LogP contribution in [0.2, 0.25) is 0 Å². The van der Waals surface area contributed by atoms with Crippen molar-refractivity contribution in [3.05, 3.63) is 30.3 Å². The molecule has 1 aromatic rings. The number of ether oxygens (including phenoxy) is 1. The Morgan fingerprint density at radius 2 is 1.95 bits per heavy atom. The Morgan fingerprint density at radius 3 is 2.53 bits per heavy atom. The van der Waals surface area contributed by atoms with E-state index in [1.807, 2.05) is 37.4 Å². The molecule has 0 spiro atoms. The summed E-state index contributed by atoms with van der Waals surface area (Å²) in [5, 5.41) is 0. The van der Waals surface area contributed by atoms with E-state index in [0.717, 1.165) is 31.6 Å². The molecule has 0 saturated carbocycles. The van der Waals surface area contributed by atoms with Crippen molar-refractivity contribution in [2.45, 2.75) is 18.9 Å². The van der Waals surface area contributed by atoms with Gasteiger partial charge in [0, 0.05) is 32.9 Å². The number of carbonyl (C=O) groups is 1. The zero-order chi connectivity index (χ0) is 13.7. The van der Waals surface area contributed by atoms with Gasteiger partial charge in [0.1, 0.15) is 0 Å². The molecule has 1 fully saturated rings. The van der Waals surface area contributed by atoms with Gasteiger partial charge >= 0.3 is 0 Å². The zero-order valence-corrected chi connectivity index (χ0v) is 11.7. The Labute approximate surface area is 115 Å². The highest BCUT2D eigenvalue weighted by molar-refractivity contribution is 5.94. The maximum atomic E-state index is 12.2. The van der Waals surface area contributed by atoms with E-state index >= 15 is 0 Å². The average molecular weight is 262 g/mol. The molecule has 1 aliphatic rings. The molecule has 1 aliphatic heterocycles. The number of nitrogens with zero attached hydrogens (tertiary/aromatic N) is 2. The number of anilines is 1. The molecule has 104 valence electrons. The largest absolute Gasteiger partial charge is 0.381 e. The summed E-state index contributed by atoms with van der Waals surface area (Å²) in [6.45, 7) is 2.36. The van der Waals surface area contributed by atoms with Crippen molar-refractivity contribution in [3.63, 3.8) is 0 Å². The Hall–Kier alpha value is -1.39. The SMILES string of the molecule is COC1CCN(CC(=O)N(C)c2ccccc2)CC1. The molecule has 0 N–H and O–H groups in total. The van der Waals surface area contributed by atoms with Gasteiger partial charge in [-0.15, -0.1) is 0 Å². The van der Waals surface area contributed by atoms with Crippen molar-refractivity contribution < 1.29 is 9.53 Å². The van der Waals surface area contributed by atoms with E-state index < -0.39 is 0 Å². The van der Waals surface area contributed by atoms with E-state index in [2.05, 4.69) is 4.90 Å². The van der Waals surface area contributed by atoms with Crippen molar-refractivity contribution in [1.29, 1.82) is 0 Å². The summed E-state index contributed by atoms with van der Waals surface area (Å²) in [5.41, 5.74) is 0.944. The quantitative estimate of drug-likeness (QED) is 0.829. The molecule has 0 radical (unpaired) electrons. The van der Waals surface area contributed by atoms with Crippen LogP contribution < -0.4 is 4.90 Å². The second-order valence-electron chi connectivity index (χ2n) is 5.00. The fraction of sp³-hybridized carbons (Fsp3) is 0.533. The van der Waals surface area contributed by atoms with E-state index in [9.17, 15) is 4.79 Å². The van der Waals surface area contributed by atoms with E-state index in [0.29, 0.717) is 12.6 Å². The number of para-hydroxylation sites is 1. The molecular formula is C15H22N2O2. The summed E-state index contributed by atoms with van der Waals surface area (Å²) in [7, 11) is 3.59. The minimum absolute atomic E-state index is 0.141. The van der Waals surface area contributed by atoms with Gasteiger partial charge in [-0.3, -0.25) is 9.69 Å². The number of piperidine rings is 1. The fourth-order valence-electron chi connectivity index (χ4n) is 2.40. The first kappa shape index (κ1) is 14.0. The summed E-state index contributed by atoms with van der Waals surface area (Å²) in [5.74, 6) is 0.141. The normalized spacial score (nSPS) is 17.4. The highest BCUT2D eigenvalue weighted by atomic mass is 16.5. The van der Waals surface area contributed by atoms with Crippen molar-refractivity contribution in [1.82, 2.24) is 4.90 Å². The van der Waals surface area contributed by atoms with Gasteiger partial charge < -0.3 is 9.64 Å². The summed E-state index contributed by atoms with van der Waals surface area (Å²) in [6.07, 6.45) is 2.38. The van der Waals surface area contributed by atoms with Crippen LogP contribution in [0.5, 0.6) is 0 Å². The number of methoxy groups -OCH3 is 1. The summed E-state index contributed by atoms with van der Waals surface area (Å²) in [4.78, 5) is 16.1. The highest BCUT2D eigenvalue weighted by Crippen LogP contribution is 2.15. The number of likely N-dealkylation sites (N-methyl/N-ethyl adjacent to an activating group) is 1. The average Bonchev–Trinajstić information content (AvgIpc) is 2.48. The summed E-state index contributed by atoms with van der Waals surface area (Å²) >= 11 is 0. The maximum Gasteiger partial charge on any atom is 0.240 e. The Kier molecular flexibility index (Phi) is 4.93. The predicted molar refractivity (Wildman–Crippen MR) is 76.3 cm³/mol. The molecule has 19 heavy (non-hydrogen) atoms. The third-order valence-corrected chi connectivity index (χ3v) is 3.74. The minimum atomic E-state index is 0.141. The van der Waals surface area contributed by atoms with E-state index in [-0.39, 0.29) is 5.91 Å². The van der Waals surface area contributed by atoms with Crippen LogP contribution in [0.3, 0.4) is 0 Å². The third kappa shape index (κ3) is 3.78. The molecule has 0 unspecified atom stereocenters. The van der Waals surface area contributed by atoms with Gasteiger partial charge in [-0.25, -0.2) is 0 Å². The van der Waals surface area contributed by atoms with Crippen LogP contribution in [0.1, 0.15) is 12.8 Å². The van der Waals surface area contributed by atoms with Crippen LogP contribution in [0.15, 0.2) is 30.3 Å². The smallest absolute Gasteiger partial charge is 0.240 e. The number of likely N-dealkylation sites (tertiary alicyclic amines) is 1. The lowest BCUT2D eigenvalue weighted by Crippen LogP contribution is -2.43. The van der Waals surface area contributed by atoms with E-state index in [1.165, 1.54) is 0 Å².